The number of carbonyl (C=O) groups excluding carboxylic acids is 1. The monoisotopic (exact) mass is 292 g/mol. The fourth-order valence-electron chi connectivity index (χ4n) is 2.38. The highest BCUT2D eigenvalue weighted by atomic mass is 16.5. The minimum Gasteiger partial charge on any atom is -0.478 e. The molecule has 6 heteroatoms. The molecule has 1 aliphatic rings. The number of carboxylic acid groups (broad SMARTS) is 1. The number of amides is 2. The van der Waals surface area contributed by atoms with Crippen molar-refractivity contribution in [3.63, 3.8) is 0 Å². The molecule has 114 valence electrons. The topological polar surface area (TPSA) is 87.7 Å². The van der Waals surface area contributed by atoms with Gasteiger partial charge in [-0.3, -0.25) is 0 Å². The van der Waals surface area contributed by atoms with Crippen molar-refractivity contribution in [3.8, 4) is 0 Å². The van der Waals surface area contributed by atoms with Crippen LogP contribution in [0.2, 0.25) is 0 Å². The van der Waals surface area contributed by atoms with Gasteiger partial charge in [-0.25, -0.2) is 9.59 Å². The van der Waals surface area contributed by atoms with Gasteiger partial charge in [-0.1, -0.05) is 19.1 Å². The molecule has 0 unspecified atom stereocenters. The number of urea groups is 1. The molecule has 1 saturated heterocycles. The first-order valence-corrected chi connectivity index (χ1v) is 7.08. The third kappa shape index (κ3) is 4.19. The second kappa shape index (κ2) is 7.08. The Hall–Kier alpha value is -2.08. The van der Waals surface area contributed by atoms with Crippen molar-refractivity contribution in [3.05, 3.63) is 35.4 Å². The van der Waals surface area contributed by atoms with Crippen LogP contribution in [-0.4, -0.2) is 35.9 Å². The van der Waals surface area contributed by atoms with E-state index in [1.54, 1.807) is 12.1 Å². The Morgan fingerprint density at radius 1 is 1.33 bits per heavy atom. The Morgan fingerprint density at radius 2 is 2.05 bits per heavy atom. The molecule has 1 heterocycles. The Bertz CT molecular complexity index is 501. The predicted octanol–water partition coefficient (Wildman–Crippen LogP) is 1.75. The average molecular weight is 292 g/mol. The number of hydrogen-bond acceptors (Lipinski definition) is 3. The number of hydrogen-bond donors (Lipinski definition) is 3. The molecule has 2 atom stereocenters. The molecule has 1 aromatic rings. The van der Waals surface area contributed by atoms with E-state index < -0.39 is 5.97 Å². The summed E-state index contributed by atoms with van der Waals surface area (Å²) in [7, 11) is 0. The van der Waals surface area contributed by atoms with Crippen molar-refractivity contribution in [2.45, 2.75) is 38.5 Å². The normalized spacial score (nSPS) is 21.0. The van der Waals surface area contributed by atoms with Crippen LogP contribution in [0.15, 0.2) is 24.3 Å². The summed E-state index contributed by atoms with van der Waals surface area (Å²) in [5.74, 6) is -0.959. The van der Waals surface area contributed by atoms with E-state index in [-0.39, 0.29) is 23.7 Å². The summed E-state index contributed by atoms with van der Waals surface area (Å²) in [6.45, 7) is 3.07. The molecule has 0 radical (unpaired) electrons. The third-order valence-electron chi connectivity index (χ3n) is 3.58. The van der Waals surface area contributed by atoms with Crippen LogP contribution in [0.5, 0.6) is 0 Å². The van der Waals surface area contributed by atoms with Crippen molar-refractivity contribution in [2.75, 3.05) is 6.61 Å². The zero-order chi connectivity index (χ0) is 15.2. The van der Waals surface area contributed by atoms with Crippen LogP contribution >= 0.6 is 0 Å². The van der Waals surface area contributed by atoms with E-state index in [1.165, 1.54) is 12.1 Å². The lowest BCUT2D eigenvalue weighted by Crippen LogP contribution is -2.45. The van der Waals surface area contributed by atoms with Gasteiger partial charge in [0, 0.05) is 13.2 Å². The molecule has 0 saturated carbocycles. The fourth-order valence-corrected chi connectivity index (χ4v) is 2.38. The summed E-state index contributed by atoms with van der Waals surface area (Å²) >= 11 is 0. The average Bonchev–Trinajstić information content (AvgIpc) is 2.92. The van der Waals surface area contributed by atoms with Crippen LogP contribution < -0.4 is 10.6 Å². The van der Waals surface area contributed by atoms with Crippen molar-refractivity contribution in [2.24, 2.45) is 0 Å². The van der Waals surface area contributed by atoms with Gasteiger partial charge < -0.3 is 20.5 Å². The molecule has 1 fully saturated rings. The number of nitrogens with one attached hydrogen (secondary N) is 2. The number of ether oxygens (including phenoxy) is 1. The quantitative estimate of drug-likeness (QED) is 0.771. The summed E-state index contributed by atoms with van der Waals surface area (Å²) in [5.41, 5.74) is 1.09. The number of aromatic carboxylic acids is 1. The molecule has 0 aromatic heterocycles. The molecule has 0 aliphatic carbocycles. The second-order valence-corrected chi connectivity index (χ2v) is 5.04. The minimum absolute atomic E-state index is 0.0596. The van der Waals surface area contributed by atoms with Crippen molar-refractivity contribution in [1.82, 2.24) is 10.6 Å². The molecule has 2 amide bonds. The Labute approximate surface area is 123 Å². The lowest BCUT2D eigenvalue weighted by Gasteiger charge is -2.18. The first kappa shape index (κ1) is 15.3. The molecule has 2 rings (SSSR count). The van der Waals surface area contributed by atoms with Crippen LogP contribution in [0.25, 0.3) is 0 Å². The maximum absolute atomic E-state index is 11.8. The van der Waals surface area contributed by atoms with Crippen LogP contribution in [0.4, 0.5) is 4.79 Å². The van der Waals surface area contributed by atoms with Gasteiger partial charge in [0.2, 0.25) is 0 Å². The lowest BCUT2D eigenvalue weighted by atomic mass is 10.1. The van der Waals surface area contributed by atoms with E-state index in [0.29, 0.717) is 13.2 Å². The molecule has 0 spiro atoms. The zero-order valence-corrected chi connectivity index (χ0v) is 12.0. The van der Waals surface area contributed by atoms with Gasteiger partial charge >= 0.3 is 12.0 Å². The Morgan fingerprint density at radius 3 is 2.67 bits per heavy atom. The Kier molecular flexibility index (Phi) is 5.16. The summed E-state index contributed by atoms with van der Waals surface area (Å²) < 4.78 is 5.52. The summed E-state index contributed by atoms with van der Waals surface area (Å²) in [6, 6.07) is 6.26. The smallest absolute Gasteiger partial charge is 0.335 e. The first-order chi connectivity index (χ1) is 10.1. The number of rotatable bonds is 5. The number of benzene rings is 1. The summed E-state index contributed by atoms with van der Waals surface area (Å²) in [4.78, 5) is 22.6. The highest BCUT2D eigenvalue weighted by Gasteiger charge is 2.27. The molecule has 1 aromatic carbocycles. The number of carboxylic acids is 1. The highest BCUT2D eigenvalue weighted by Crippen LogP contribution is 2.16. The van der Waals surface area contributed by atoms with Crippen LogP contribution in [-0.2, 0) is 11.3 Å². The van der Waals surface area contributed by atoms with E-state index in [1.807, 2.05) is 6.92 Å². The molecule has 3 N–H and O–H groups in total. The third-order valence-corrected chi connectivity index (χ3v) is 3.58. The largest absolute Gasteiger partial charge is 0.478 e. The number of carbonyl (C=O) groups is 2. The zero-order valence-electron chi connectivity index (χ0n) is 12.0. The van der Waals surface area contributed by atoms with Crippen LogP contribution in [0.1, 0.15) is 35.7 Å². The van der Waals surface area contributed by atoms with Crippen molar-refractivity contribution < 1.29 is 19.4 Å². The second-order valence-electron chi connectivity index (χ2n) is 5.04. The lowest BCUT2D eigenvalue weighted by molar-refractivity contribution is 0.0697. The summed E-state index contributed by atoms with van der Waals surface area (Å²) in [6.07, 6.45) is 1.80. The first-order valence-electron chi connectivity index (χ1n) is 7.08. The van der Waals surface area contributed by atoms with Gasteiger partial charge in [0.25, 0.3) is 0 Å². The van der Waals surface area contributed by atoms with Gasteiger partial charge in [0.05, 0.1) is 17.7 Å². The van der Waals surface area contributed by atoms with E-state index in [4.69, 9.17) is 9.84 Å². The van der Waals surface area contributed by atoms with Gasteiger partial charge in [0.1, 0.15) is 0 Å². The Balaban J connectivity index is 1.79. The van der Waals surface area contributed by atoms with Crippen molar-refractivity contribution in [1.29, 1.82) is 0 Å². The standard InChI is InChI=1S/C15H20N2O4/c1-2-13-12(7-8-21-13)17-15(20)16-9-10-3-5-11(6-4-10)14(18)19/h3-6,12-13H,2,7-9H2,1H3,(H,18,19)(H2,16,17,20)/t12-,13+/m1/s1. The van der Waals surface area contributed by atoms with E-state index in [2.05, 4.69) is 10.6 Å². The molecule has 21 heavy (non-hydrogen) atoms. The maximum Gasteiger partial charge on any atom is 0.335 e. The molecular weight excluding hydrogens is 272 g/mol. The molecular formula is C15H20N2O4. The fraction of sp³-hybridized carbons (Fsp3) is 0.467. The van der Waals surface area contributed by atoms with Gasteiger partial charge in [-0.05, 0) is 30.5 Å². The SMILES string of the molecule is CC[C@@H]1OCC[C@H]1NC(=O)NCc1ccc(C(=O)O)cc1. The van der Waals surface area contributed by atoms with Gasteiger partial charge in [0.15, 0.2) is 0 Å². The summed E-state index contributed by atoms with van der Waals surface area (Å²) in [5, 5.41) is 14.5. The van der Waals surface area contributed by atoms with E-state index in [0.717, 1.165) is 18.4 Å². The van der Waals surface area contributed by atoms with Crippen LogP contribution in [0, 0.1) is 0 Å². The molecule has 1 aliphatic heterocycles. The maximum atomic E-state index is 11.8. The molecule has 0 bridgehead atoms. The van der Waals surface area contributed by atoms with Gasteiger partial charge in [-0.2, -0.15) is 0 Å². The minimum atomic E-state index is -0.959. The van der Waals surface area contributed by atoms with Crippen LogP contribution in [0.3, 0.4) is 0 Å². The van der Waals surface area contributed by atoms with Gasteiger partial charge in [-0.15, -0.1) is 0 Å². The van der Waals surface area contributed by atoms with Crippen molar-refractivity contribution >= 4 is 12.0 Å². The predicted molar refractivity (Wildman–Crippen MR) is 77.2 cm³/mol. The highest BCUT2D eigenvalue weighted by molar-refractivity contribution is 5.87. The van der Waals surface area contributed by atoms with E-state index in [9.17, 15) is 9.59 Å². The molecule has 6 nitrogen and oxygen atoms in total. The van der Waals surface area contributed by atoms with E-state index >= 15 is 0 Å².